The van der Waals surface area contributed by atoms with E-state index >= 15 is 0 Å². The summed E-state index contributed by atoms with van der Waals surface area (Å²) in [6, 6.07) is 13.3. The third-order valence-corrected chi connectivity index (χ3v) is 3.98. The maximum absolute atomic E-state index is 12.3. The zero-order valence-corrected chi connectivity index (χ0v) is 14.9. The van der Waals surface area contributed by atoms with Crippen molar-refractivity contribution >= 4 is 22.7 Å². The number of aromatic nitrogens is 1. The van der Waals surface area contributed by atoms with Crippen molar-refractivity contribution in [2.45, 2.75) is 6.92 Å². The Morgan fingerprint density at radius 3 is 2.41 bits per heavy atom. The second-order valence-electron chi connectivity index (χ2n) is 5.92. The summed E-state index contributed by atoms with van der Waals surface area (Å²) < 4.78 is 5.45. The summed E-state index contributed by atoms with van der Waals surface area (Å²) in [4.78, 5) is 27.3. The van der Waals surface area contributed by atoms with E-state index in [4.69, 9.17) is 4.74 Å². The van der Waals surface area contributed by atoms with E-state index in [0.717, 1.165) is 16.7 Å². The van der Waals surface area contributed by atoms with Crippen molar-refractivity contribution in [1.29, 1.82) is 0 Å². The third-order valence-electron chi connectivity index (χ3n) is 3.98. The molecule has 0 spiro atoms. The van der Waals surface area contributed by atoms with Gasteiger partial charge in [-0.2, -0.15) is 0 Å². The Bertz CT molecular complexity index is 948. The average Bonchev–Trinajstić information content (AvgIpc) is 3.09. The molecule has 0 saturated heterocycles. The van der Waals surface area contributed by atoms with Crippen LogP contribution < -0.4 is 15.4 Å². The van der Waals surface area contributed by atoms with Crippen molar-refractivity contribution in [3.05, 3.63) is 59.8 Å². The number of hydrogen-bond donors (Lipinski definition) is 4. The van der Waals surface area contributed by atoms with Gasteiger partial charge in [-0.05, 0) is 49.4 Å². The molecule has 0 fully saturated rings. The molecule has 1 aromatic heterocycles. The Balaban J connectivity index is 1.51. The van der Waals surface area contributed by atoms with Crippen LogP contribution in [0.4, 0.5) is 0 Å². The molecule has 0 saturated carbocycles. The maximum Gasteiger partial charge on any atom is 0.267 e. The van der Waals surface area contributed by atoms with Crippen LogP contribution in [0.15, 0.2) is 48.5 Å². The number of benzene rings is 2. The molecule has 2 aromatic carbocycles. The van der Waals surface area contributed by atoms with Gasteiger partial charge in [0.15, 0.2) is 0 Å². The molecule has 0 bridgehead atoms. The Hall–Kier alpha value is -3.48. The van der Waals surface area contributed by atoms with Crippen LogP contribution in [0.5, 0.6) is 11.5 Å². The van der Waals surface area contributed by atoms with Crippen LogP contribution in [0.2, 0.25) is 0 Å². The van der Waals surface area contributed by atoms with Gasteiger partial charge in [0.1, 0.15) is 17.2 Å². The SMILES string of the molecule is CCOc1ccc2cc(C(=O)NCCNC(=O)c3ccc(O)cc3)[nH]c2c1. The summed E-state index contributed by atoms with van der Waals surface area (Å²) in [5.74, 6) is 0.336. The molecule has 27 heavy (non-hydrogen) atoms. The molecule has 7 heteroatoms. The highest BCUT2D eigenvalue weighted by Gasteiger charge is 2.10. The first-order valence-corrected chi connectivity index (χ1v) is 8.68. The Morgan fingerprint density at radius 1 is 1.00 bits per heavy atom. The van der Waals surface area contributed by atoms with Gasteiger partial charge in [-0.3, -0.25) is 9.59 Å². The van der Waals surface area contributed by atoms with E-state index in [2.05, 4.69) is 15.6 Å². The number of fused-ring (bicyclic) bond motifs is 1. The molecule has 140 valence electrons. The normalized spacial score (nSPS) is 10.6. The fourth-order valence-corrected chi connectivity index (χ4v) is 2.65. The Kier molecular flexibility index (Phi) is 5.61. The van der Waals surface area contributed by atoms with Crippen molar-refractivity contribution in [3.63, 3.8) is 0 Å². The van der Waals surface area contributed by atoms with Crippen molar-refractivity contribution < 1.29 is 19.4 Å². The van der Waals surface area contributed by atoms with Gasteiger partial charge in [-0.25, -0.2) is 0 Å². The smallest absolute Gasteiger partial charge is 0.267 e. The number of aromatic amines is 1. The van der Waals surface area contributed by atoms with Gasteiger partial charge in [-0.1, -0.05) is 0 Å². The van der Waals surface area contributed by atoms with E-state index in [-0.39, 0.29) is 17.6 Å². The molecule has 0 radical (unpaired) electrons. The molecular formula is C20H21N3O4. The monoisotopic (exact) mass is 367 g/mol. The molecule has 0 atom stereocenters. The lowest BCUT2D eigenvalue weighted by molar-refractivity contribution is 0.0925. The van der Waals surface area contributed by atoms with Crippen LogP contribution in [0, 0.1) is 0 Å². The van der Waals surface area contributed by atoms with Crippen LogP contribution in [-0.2, 0) is 0 Å². The predicted octanol–water partition coefficient (Wildman–Crippen LogP) is 2.43. The topological polar surface area (TPSA) is 103 Å². The number of phenols is 1. The number of rotatable bonds is 7. The third kappa shape index (κ3) is 4.58. The van der Waals surface area contributed by atoms with E-state index in [1.807, 2.05) is 25.1 Å². The quantitative estimate of drug-likeness (QED) is 0.482. The van der Waals surface area contributed by atoms with E-state index in [9.17, 15) is 14.7 Å². The standard InChI is InChI=1S/C20H21N3O4/c1-2-27-16-8-5-14-11-18(23-17(14)12-16)20(26)22-10-9-21-19(25)13-3-6-15(24)7-4-13/h3-8,11-12,23-24H,2,9-10H2,1H3,(H,21,25)(H,22,26). The van der Waals surface area contributed by atoms with Crippen molar-refractivity contribution in [2.24, 2.45) is 0 Å². The number of carbonyl (C=O) groups is 2. The van der Waals surface area contributed by atoms with Crippen molar-refractivity contribution in [2.75, 3.05) is 19.7 Å². The number of aromatic hydroxyl groups is 1. The average molecular weight is 367 g/mol. The van der Waals surface area contributed by atoms with Crippen LogP contribution in [0.1, 0.15) is 27.8 Å². The van der Waals surface area contributed by atoms with E-state index < -0.39 is 0 Å². The lowest BCUT2D eigenvalue weighted by Gasteiger charge is -2.06. The van der Waals surface area contributed by atoms with E-state index in [1.165, 1.54) is 24.3 Å². The number of nitrogens with one attached hydrogen (secondary N) is 3. The minimum absolute atomic E-state index is 0.102. The highest BCUT2D eigenvalue weighted by Crippen LogP contribution is 2.21. The molecule has 3 rings (SSSR count). The van der Waals surface area contributed by atoms with Crippen molar-refractivity contribution in [3.8, 4) is 11.5 Å². The maximum atomic E-state index is 12.3. The minimum Gasteiger partial charge on any atom is -0.508 e. The molecule has 0 aliphatic heterocycles. The number of phenolic OH excluding ortho intramolecular Hbond substituents is 1. The van der Waals surface area contributed by atoms with Crippen LogP contribution in [-0.4, -0.2) is 41.6 Å². The number of carbonyl (C=O) groups excluding carboxylic acids is 2. The first-order chi connectivity index (χ1) is 13.1. The van der Waals surface area contributed by atoms with Gasteiger partial charge in [0.2, 0.25) is 0 Å². The fourth-order valence-electron chi connectivity index (χ4n) is 2.65. The van der Waals surface area contributed by atoms with Gasteiger partial charge in [0.25, 0.3) is 11.8 Å². The van der Waals surface area contributed by atoms with Crippen LogP contribution >= 0.6 is 0 Å². The van der Waals surface area contributed by atoms with Crippen molar-refractivity contribution in [1.82, 2.24) is 15.6 Å². The molecular weight excluding hydrogens is 346 g/mol. The Labute approximate surface area is 156 Å². The summed E-state index contributed by atoms with van der Waals surface area (Å²) in [6.45, 7) is 3.08. The number of ether oxygens (including phenoxy) is 1. The van der Waals surface area contributed by atoms with Gasteiger partial charge >= 0.3 is 0 Å². The van der Waals surface area contributed by atoms with Gasteiger partial charge in [0.05, 0.1) is 6.61 Å². The predicted molar refractivity (Wildman–Crippen MR) is 102 cm³/mol. The Morgan fingerprint density at radius 2 is 1.70 bits per heavy atom. The number of H-pyrrole nitrogens is 1. The molecule has 1 heterocycles. The minimum atomic E-state index is -0.265. The van der Waals surface area contributed by atoms with Gasteiger partial charge < -0.3 is 25.5 Å². The molecule has 3 aromatic rings. The van der Waals surface area contributed by atoms with E-state index in [1.54, 1.807) is 6.07 Å². The summed E-state index contributed by atoms with van der Waals surface area (Å²) in [6.07, 6.45) is 0. The molecule has 2 amide bonds. The lowest BCUT2D eigenvalue weighted by Crippen LogP contribution is -2.34. The number of hydrogen-bond acceptors (Lipinski definition) is 4. The van der Waals surface area contributed by atoms with Crippen LogP contribution in [0.3, 0.4) is 0 Å². The van der Waals surface area contributed by atoms with E-state index in [0.29, 0.717) is 31.0 Å². The lowest BCUT2D eigenvalue weighted by atomic mass is 10.2. The number of amides is 2. The molecule has 4 N–H and O–H groups in total. The first kappa shape index (κ1) is 18.3. The second-order valence-corrected chi connectivity index (χ2v) is 5.92. The van der Waals surface area contributed by atoms with Gasteiger partial charge in [0, 0.05) is 35.6 Å². The zero-order chi connectivity index (χ0) is 19.2. The molecule has 0 aliphatic carbocycles. The molecule has 0 aliphatic rings. The molecule has 0 unspecified atom stereocenters. The fraction of sp³-hybridized carbons (Fsp3) is 0.200. The van der Waals surface area contributed by atoms with Gasteiger partial charge in [-0.15, -0.1) is 0 Å². The second kappa shape index (κ2) is 8.27. The largest absolute Gasteiger partial charge is 0.508 e. The summed E-state index contributed by atoms with van der Waals surface area (Å²) >= 11 is 0. The first-order valence-electron chi connectivity index (χ1n) is 8.68. The molecule has 7 nitrogen and oxygen atoms in total. The summed E-state index contributed by atoms with van der Waals surface area (Å²) in [7, 11) is 0. The summed E-state index contributed by atoms with van der Waals surface area (Å²) in [5.41, 5.74) is 1.72. The highest BCUT2D eigenvalue weighted by atomic mass is 16.5. The zero-order valence-electron chi connectivity index (χ0n) is 14.9. The highest BCUT2D eigenvalue weighted by molar-refractivity contribution is 5.98. The van der Waals surface area contributed by atoms with Crippen LogP contribution in [0.25, 0.3) is 10.9 Å². The summed E-state index contributed by atoms with van der Waals surface area (Å²) in [5, 5.41) is 15.6.